The zero-order valence-corrected chi connectivity index (χ0v) is 8.14. The molecule has 1 rings (SSSR count). The van der Waals surface area contributed by atoms with Crippen LogP contribution in [0.1, 0.15) is 33.5 Å². The van der Waals surface area contributed by atoms with Crippen LogP contribution >= 0.6 is 0 Å². The second-order valence-corrected chi connectivity index (χ2v) is 4.03. The SMILES string of the molecule is NS(=O)(=O)OC1CCCCC1.[H-].[Li+]. The van der Waals surface area contributed by atoms with Crippen molar-refractivity contribution in [3.63, 3.8) is 0 Å². The predicted molar refractivity (Wildman–Crippen MR) is 42.2 cm³/mol. The standard InChI is InChI=1S/C6H13NO3S.Li.H/c7-11(8,9)10-6-4-2-1-3-5-6;;/h6H,1-5H2,(H2,7,8,9);;/q;+1;-1. The molecule has 0 bridgehead atoms. The molecule has 0 amide bonds. The van der Waals surface area contributed by atoms with Crippen LogP contribution < -0.4 is 24.0 Å². The van der Waals surface area contributed by atoms with Crippen molar-refractivity contribution in [2.24, 2.45) is 5.14 Å². The summed E-state index contributed by atoms with van der Waals surface area (Å²) < 4.78 is 25.5. The Hall–Kier alpha value is 0.467. The van der Waals surface area contributed by atoms with Crippen molar-refractivity contribution >= 4 is 10.3 Å². The summed E-state index contributed by atoms with van der Waals surface area (Å²) in [7, 11) is -3.72. The van der Waals surface area contributed by atoms with Gasteiger partial charge in [0.1, 0.15) is 0 Å². The van der Waals surface area contributed by atoms with E-state index in [-0.39, 0.29) is 26.4 Å². The van der Waals surface area contributed by atoms with Crippen molar-refractivity contribution in [1.82, 2.24) is 0 Å². The first-order chi connectivity index (χ1) is 5.08. The summed E-state index contributed by atoms with van der Waals surface area (Å²) in [6.07, 6.45) is 4.72. The number of hydrogen-bond acceptors (Lipinski definition) is 3. The van der Waals surface area contributed by atoms with Gasteiger partial charge in [-0.2, -0.15) is 8.42 Å². The second-order valence-electron chi connectivity index (χ2n) is 2.85. The van der Waals surface area contributed by atoms with Gasteiger partial charge in [-0.05, 0) is 12.8 Å². The van der Waals surface area contributed by atoms with Crippen LogP contribution in [0, 0.1) is 0 Å². The van der Waals surface area contributed by atoms with Crippen LogP contribution in [0.15, 0.2) is 0 Å². The van der Waals surface area contributed by atoms with Gasteiger partial charge in [-0.25, -0.2) is 5.14 Å². The smallest absolute Gasteiger partial charge is 1.00 e. The Kier molecular flexibility index (Phi) is 5.46. The largest absolute Gasteiger partial charge is 1.00 e. The first-order valence-corrected chi connectivity index (χ1v) is 5.26. The van der Waals surface area contributed by atoms with E-state index in [4.69, 9.17) is 5.14 Å². The molecule has 0 aliphatic heterocycles. The van der Waals surface area contributed by atoms with E-state index in [1.807, 2.05) is 0 Å². The van der Waals surface area contributed by atoms with Crippen LogP contribution in [-0.4, -0.2) is 14.5 Å². The molecule has 0 aromatic carbocycles. The van der Waals surface area contributed by atoms with Crippen molar-refractivity contribution in [3.8, 4) is 0 Å². The molecule has 0 heterocycles. The Bertz CT molecular complexity index is 216. The number of nitrogens with two attached hydrogens (primary N) is 1. The van der Waals surface area contributed by atoms with Crippen molar-refractivity contribution in [3.05, 3.63) is 0 Å². The van der Waals surface area contributed by atoms with Gasteiger partial charge in [-0.15, -0.1) is 0 Å². The monoisotopic (exact) mass is 187 g/mol. The average Bonchev–Trinajstić information content (AvgIpc) is 1.85. The molecule has 0 spiro atoms. The first kappa shape index (κ1) is 12.5. The Labute approximate surface area is 86.8 Å². The Morgan fingerprint density at radius 2 is 1.75 bits per heavy atom. The molecule has 0 aromatic heterocycles. The summed E-state index contributed by atoms with van der Waals surface area (Å²) >= 11 is 0. The van der Waals surface area contributed by atoms with Gasteiger partial charge < -0.3 is 1.43 Å². The van der Waals surface area contributed by atoms with Gasteiger partial charge in [0.2, 0.25) is 0 Å². The fraction of sp³-hybridized carbons (Fsp3) is 1.00. The molecule has 6 heteroatoms. The van der Waals surface area contributed by atoms with E-state index in [0.29, 0.717) is 0 Å². The Morgan fingerprint density at radius 1 is 1.25 bits per heavy atom. The number of hydrogen-bond donors (Lipinski definition) is 1. The van der Waals surface area contributed by atoms with Crippen LogP contribution in [-0.2, 0) is 14.5 Å². The summed E-state index contributed by atoms with van der Waals surface area (Å²) in [5.74, 6) is 0. The fourth-order valence-corrected chi connectivity index (χ4v) is 1.92. The zero-order valence-electron chi connectivity index (χ0n) is 8.32. The van der Waals surface area contributed by atoms with Gasteiger partial charge in [0.15, 0.2) is 0 Å². The fourth-order valence-electron chi connectivity index (χ4n) is 1.35. The normalized spacial score (nSPS) is 20.1. The maximum atomic E-state index is 10.5. The van der Waals surface area contributed by atoms with Crippen LogP contribution in [0.5, 0.6) is 0 Å². The van der Waals surface area contributed by atoms with Crippen molar-refractivity contribution < 1.29 is 32.9 Å². The molecule has 0 aromatic rings. The minimum absolute atomic E-state index is 0. The van der Waals surface area contributed by atoms with E-state index in [9.17, 15) is 8.42 Å². The average molecular weight is 187 g/mol. The Balaban J connectivity index is 0. The van der Waals surface area contributed by atoms with Gasteiger partial charge in [0.25, 0.3) is 0 Å². The molecule has 1 saturated carbocycles. The molecule has 4 nitrogen and oxygen atoms in total. The molecule has 0 saturated heterocycles. The predicted octanol–water partition coefficient (Wildman–Crippen LogP) is -2.34. The summed E-state index contributed by atoms with van der Waals surface area (Å²) in [5.41, 5.74) is 0. The zero-order chi connectivity index (χ0) is 8.32. The van der Waals surface area contributed by atoms with E-state index in [1.54, 1.807) is 0 Å². The minimum Gasteiger partial charge on any atom is -1.00 e. The summed E-state index contributed by atoms with van der Waals surface area (Å²) in [5, 5.41) is 4.72. The van der Waals surface area contributed by atoms with Crippen LogP contribution in [0.4, 0.5) is 0 Å². The maximum Gasteiger partial charge on any atom is 1.00 e. The molecule has 1 fully saturated rings. The van der Waals surface area contributed by atoms with Crippen LogP contribution in [0.2, 0.25) is 0 Å². The first-order valence-electron chi connectivity index (χ1n) is 3.79. The summed E-state index contributed by atoms with van der Waals surface area (Å²) in [4.78, 5) is 0. The third kappa shape index (κ3) is 5.17. The van der Waals surface area contributed by atoms with E-state index < -0.39 is 10.3 Å². The van der Waals surface area contributed by atoms with Gasteiger partial charge in [0.05, 0.1) is 6.10 Å². The van der Waals surface area contributed by atoms with E-state index in [0.717, 1.165) is 25.7 Å². The van der Waals surface area contributed by atoms with Gasteiger partial charge in [-0.1, -0.05) is 19.3 Å². The van der Waals surface area contributed by atoms with Crippen molar-refractivity contribution in [2.75, 3.05) is 0 Å². The van der Waals surface area contributed by atoms with E-state index in [2.05, 4.69) is 4.18 Å². The molecule has 0 radical (unpaired) electrons. The molecule has 2 N–H and O–H groups in total. The molecule has 1 aliphatic rings. The molecular weight excluding hydrogens is 173 g/mol. The third-order valence-corrected chi connectivity index (χ3v) is 2.36. The molecule has 0 unspecified atom stereocenters. The molecule has 0 atom stereocenters. The molecular formula is C6H14LiNO3S. The Morgan fingerprint density at radius 3 is 2.17 bits per heavy atom. The number of rotatable bonds is 2. The summed E-state index contributed by atoms with van der Waals surface area (Å²) in [6, 6.07) is 0. The van der Waals surface area contributed by atoms with Crippen molar-refractivity contribution in [2.45, 2.75) is 38.2 Å². The molecule has 1 aliphatic carbocycles. The minimum atomic E-state index is -3.72. The maximum absolute atomic E-state index is 10.5. The summed E-state index contributed by atoms with van der Waals surface area (Å²) in [6.45, 7) is 0. The van der Waals surface area contributed by atoms with Gasteiger partial charge >= 0.3 is 29.2 Å². The molecule has 68 valence electrons. The van der Waals surface area contributed by atoms with Gasteiger partial charge in [-0.3, -0.25) is 4.18 Å². The van der Waals surface area contributed by atoms with E-state index >= 15 is 0 Å². The molecule has 12 heavy (non-hydrogen) atoms. The third-order valence-electron chi connectivity index (χ3n) is 1.82. The quantitative estimate of drug-likeness (QED) is 0.492. The van der Waals surface area contributed by atoms with E-state index in [1.165, 1.54) is 6.42 Å². The second kappa shape index (κ2) is 5.25. The van der Waals surface area contributed by atoms with Gasteiger partial charge in [0, 0.05) is 0 Å². The topological polar surface area (TPSA) is 69.4 Å². The van der Waals surface area contributed by atoms with Crippen LogP contribution in [0.3, 0.4) is 0 Å². The van der Waals surface area contributed by atoms with Crippen LogP contribution in [0.25, 0.3) is 0 Å². The van der Waals surface area contributed by atoms with Crippen molar-refractivity contribution in [1.29, 1.82) is 0 Å².